The third kappa shape index (κ3) is 3.14. The molecule has 0 radical (unpaired) electrons. The highest BCUT2D eigenvalue weighted by Crippen LogP contribution is 2.21. The molecule has 14 heavy (non-hydrogen) atoms. The second-order valence-electron chi connectivity index (χ2n) is 4.78. The molecule has 3 heteroatoms. The van der Waals surface area contributed by atoms with E-state index in [1.54, 1.807) is 6.33 Å². The largest absolute Gasteiger partial charge is 0.347 e. The fourth-order valence-electron chi connectivity index (χ4n) is 1.68. The Morgan fingerprint density at radius 2 is 2.21 bits per heavy atom. The summed E-state index contributed by atoms with van der Waals surface area (Å²) in [4.78, 5) is 7.09. The third-order valence-electron chi connectivity index (χ3n) is 2.55. The zero-order valence-corrected chi connectivity index (χ0v) is 9.59. The van der Waals surface area contributed by atoms with Gasteiger partial charge in [-0.2, -0.15) is 0 Å². The molecular formula is C11H21N3. The molecule has 0 aliphatic carbocycles. The predicted molar refractivity (Wildman–Crippen MR) is 59.0 cm³/mol. The van der Waals surface area contributed by atoms with Crippen molar-refractivity contribution in [2.75, 3.05) is 0 Å². The Morgan fingerprint density at radius 1 is 1.50 bits per heavy atom. The summed E-state index contributed by atoms with van der Waals surface area (Å²) in [6, 6.07) is 0.547. The number of aromatic nitrogens is 2. The highest BCUT2D eigenvalue weighted by atomic mass is 15.0. The minimum absolute atomic E-state index is 0.314. The number of rotatable bonds is 4. The van der Waals surface area contributed by atoms with Gasteiger partial charge in [0.2, 0.25) is 0 Å². The summed E-state index contributed by atoms with van der Waals surface area (Å²) in [6.45, 7) is 9.88. The fourth-order valence-corrected chi connectivity index (χ4v) is 1.68. The number of nitrogens with one attached hydrogen (secondary N) is 2. The van der Waals surface area contributed by atoms with Crippen LogP contribution in [0.15, 0.2) is 12.5 Å². The van der Waals surface area contributed by atoms with Crippen LogP contribution >= 0.6 is 0 Å². The highest BCUT2D eigenvalue weighted by molar-refractivity contribution is 4.94. The zero-order chi connectivity index (χ0) is 10.6. The van der Waals surface area contributed by atoms with E-state index >= 15 is 0 Å². The van der Waals surface area contributed by atoms with Crippen molar-refractivity contribution < 1.29 is 0 Å². The van der Waals surface area contributed by atoms with E-state index in [9.17, 15) is 0 Å². The molecule has 0 aliphatic rings. The molecule has 2 N–H and O–H groups in total. The molecule has 0 saturated heterocycles. The average molecular weight is 195 g/mol. The molecule has 1 aromatic heterocycles. The first-order chi connectivity index (χ1) is 6.54. The average Bonchev–Trinajstić information content (AvgIpc) is 2.55. The van der Waals surface area contributed by atoms with Crippen molar-refractivity contribution in [3.8, 4) is 0 Å². The molecule has 3 nitrogen and oxygen atoms in total. The summed E-state index contributed by atoms with van der Waals surface area (Å²) < 4.78 is 0. The van der Waals surface area contributed by atoms with Gasteiger partial charge in [0.05, 0.1) is 6.33 Å². The number of hydrogen-bond acceptors (Lipinski definition) is 2. The van der Waals surface area contributed by atoms with Crippen LogP contribution in [0.1, 0.15) is 39.8 Å². The van der Waals surface area contributed by atoms with Gasteiger partial charge in [-0.05, 0) is 11.8 Å². The lowest BCUT2D eigenvalue weighted by atomic mass is 9.85. The van der Waals surface area contributed by atoms with Gasteiger partial charge in [0.25, 0.3) is 0 Å². The summed E-state index contributed by atoms with van der Waals surface area (Å²) in [5, 5.41) is 3.54. The van der Waals surface area contributed by atoms with E-state index in [4.69, 9.17) is 0 Å². The van der Waals surface area contributed by atoms with Crippen molar-refractivity contribution in [3.63, 3.8) is 0 Å². The van der Waals surface area contributed by atoms with Gasteiger partial charge in [-0.1, -0.05) is 27.7 Å². The van der Waals surface area contributed by atoms with Crippen LogP contribution in [0.5, 0.6) is 0 Å². The summed E-state index contributed by atoms with van der Waals surface area (Å²) in [5.74, 6) is 0. The molecule has 0 spiro atoms. The maximum absolute atomic E-state index is 3.99. The van der Waals surface area contributed by atoms with Gasteiger partial charge in [-0.25, -0.2) is 4.98 Å². The monoisotopic (exact) mass is 195 g/mol. The molecule has 1 rings (SSSR count). The standard InChI is InChI=1S/C11H21N3/c1-5-10(11(2,3)4)13-7-9-6-12-8-14-9/h6,8,10,13H,5,7H2,1-4H3,(H,12,14). The van der Waals surface area contributed by atoms with E-state index < -0.39 is 0 Å². The second-order valence-corrected chi connectivity index (χ2v) is 4.78. The van der Waals surface area contributed by atoms with Gasteiger partial charge in [-0.15, -0.1) is 0 Å². The SMILES string of the molecule is CCC(NCc1cnc[nH]1)C(C)(C)C. The lowest BCUT2D eigenvalue weighted by Gasteiger charge is -2.30. The summed E-state index contributed by atoms with van der Waals surface area (Å²) in [7, 11) is 0. The topological polar surface area (TPSA) is 40.7 Å². The maximum atomic E-state index is 3.99. The van der Waals surface area contributed by atoms with Crippen molar-refractivity contribution >= 4 is 0 Å². The van der Waals surface area contributed by atoms with Crippen molar-refractivity contribution in [2.45, 2.75) is 46.7 Å². The lowest BCUT2D eigenvalue weighted by Crippen LogP contribution is -2.39. The van der Waals surface area contributed by atoms with E-state index in [1.165, 1.54) is 0 Å². The van der Waals surface area contributed by atoms with Crippen LogP contribution < -0.4 is 5.32 Å². The third-order valence-corrected chi connectivity index (χ3v) is 2.55. The second kappa shape index (κ2) is 4.60. The molecule has 80 valence electrons. The van der Waals surface area contributed by atoms with Gasteiger partial charge in [0.1, 0.15) is 0 Å². The molecule has 1 atom stereocenters. The molecule has 1 heterocycles. The van der Waals surface area contributed by atoms with Crippen molar-refractivity contribution in [1.29, 1.82) is 0 Å². The summed E-state index contributed by atoms with van der Waals surface area (Å²) in [6.07, 6.45) is 4.73. The number of aromatic amines is 1. The quantitative estimate of drug-likeness (QED) is 0.774. The minimum atomic E-state index is 0.314. The van der Waals surface area contributed by atoms with Crippen LogP contribution in [0, 0.1) is 5.41 Å². The Morgan fingerprint density at radius 3 is 2.64 bits per heavy atom. The van der Waals surface area contributed by atoms with Crippen molar-refractivity contribution in [2.24, 2.45) is 5.41 Å². The normalized spacial score (nSPS) is 14.3. The Kier molecular flexibility index (Phi) is 3.69. The molecule has 1 aromatic rings. The van der Waals surface area contributed by atoms with Gasteiger partial charge >= 0.3 is 0 Å². The maximum Gasteiger partial charge on any atom is 0.0922 e. The molecular weight excluding hydrogens is 174 g/mol. The van der Waals surface area contributed by atoms with E-state index in [1.807, 2.05) is 6.20 Å². The smallest absolute Gasteiger partial charge is 0.0922 e. The lowest BCUT2D eigenvalue weighted by molar-refractivity contribution is 0.259. The fraction of sp³-hybridized carbons (Fsp3) is 0.727. The first kappa shape index (κ1) is 11.2. The molecule has 0 fully saturated rings. The molecule has 1 unspecified atom stereocenters. The Hall–Kier alpha value is -0.830. The van der Waals surface area contributed by atoms with E-state index in [2.05, 4.69) is 43.0 Å². The molecule has 0 amide bonds. The van der Waals surface area contributed by atoms with Crippen LogP contribution in [0.25, 0.3) is 0 Å². The first-order valence-electron chi connectivity index (χ1n) is 5.24. The van der Waals surface area contributed by atoms with Crippen LogP contribution in [-0.4, -0.2) is 16.0 Å². The number of H-pyrrole nitrogens is 1. The molecule has 0 aromatic carbocycles. The number of imidazole rings is 1. The minimum Gasteiger partial charge on any atom is -0.347 e. The number of hydrogen-bond donors (Lipinski definition) is 2. The Bertz CT molecular complexity index is 246. The Labute approximate surface area is 86.3 Å². The van der Waals surface area contributed by atoms with Crippen LogP contribution in [0.3, 0.4) is 0 Å². The van der Waals surface area contributed by atoms with Crippen LogP contribution in [0.2, 0.25) is 0 Å². The van der Waals surface area contributed by atoms with E-state index in [-0.39, 0.29) is 0 Å². The number of nitrogens with zero attached hydrogens (tertiary/aromatic N) is 1. The summed E-state index contributed by atoms with van der Waals surface area (Å²) >= 11 is 0. The van der Waals surface area contributed by atoms with Gasteiger partial charge in [-0.3, -0.25) is 0 Å². The zero-order valence-electron chi connectivity index (χ0n) is 9.59. The van der Waals surface area contributed by atoms with E-state index in [0.29, 0.717) is 11.5 Å². The van der Waals surface area contributed by atoms with Crippen LogP contribution in [-0.2, 0) is 6.54 Å². The van der Waals surface area contributed by atoms with Gasteiger partial charge in [0, 0.05) is 24.5 Å². The molecule has 0 bridgehead atoms. The summed E-state index contributed by atoms with van der Waals surface area (Å²) in [5.41, 5.74) is 1.46. The molecule has 0 saturated carbocycles. The van der Waals surface area contributed by atoms with Crippen LogP contribution in [0.4, 0.5) is 0 Å². The Balaban J connectivity index is 2.43. The first-order valence-corrected chi connectivity index (χ1v) is 5.24. The highest BCUT2D eigenvalue weighted by Gasteiger charge is 2.21. The van der Waals surface area contributed by atoms with Gasteiger partial charge in [0.15, 0.2) is 0 Å². The van der Waals surface area contributed by atoms with Crippen molar-refractivity contribution in [3.05, 3.63) is 18.2 Å². The van der Waals surface area contributed by atoms with Gasteiger partial charge < -0.3 is 10.3 Å². The van der Waals surface area contributed by atoms with E-state index in [0.717, 1.165) is 18.7 Å². The van der Waals surface area contributed by atoms with Crippen molar-refractivity contribution in [1.82, 2.24) is 15.3 Å². The molecule has 0 aliphatic heterocycles. The predicted octanol–water partition coefficient (Wildman–Crippen LogP) is 2.32.